The Labute approximate surface area is 198 Å². The fraction of sp³-hybridized carbons (Fsp3) is 0.360. The Morgan fingerprint density at radius 2 is 1.88 bits per heavy atom. The molecular formula is C25H27N3O4S. The van der Waals surface area contributed by atoms with Crippen LogP contribution in [0.4, 0.5) is 0 Å². The molecule has 1 aromatic carbocycles. The van der Waals surface area contributed by atoms with Gasteiger partial charge < -0.3 is 14.1 Å². The maximum atomic E-state index is 13.1. The molecule has 8 heteroatoms. The molecule has 172 valence electrons. The number of nitrogens with zero attached hydrogens (tertiary/aromatic N) is 3. The van der Waals surface area contributed by atoms with Crippen molar-refractivity contribution in [3.63, 3.8) is 0 Å². The summed E-state index contributed by atoms with van der Waals surface area (Å²) in [6.45, 7) is 7.00. The number of carbonyl (C=O) groups excluding carboxylic acids is 2. The lowest BCUT2D eigenvalue weighted by Gasteiger charge is -2.29. The lowest BCUT2D eigenvalue weighted by molar-refractivity contribution is -0.139. The molecule has 1 aliphatic rings. The Morgan fingerprint density at radius 3 is 2.45 bits per heavy atom. The second-order valence-corrected chi connectivity index (χ2v) is 8.25. The summed E-state index contributed by atoms with van der Waals surface area (Å²) >= 11 is 1.23. The van der Waals surface area contributed by atoms with Gasteiger partial charge in [-0.15, -0.1) is 0 Å². The molecule has 2 atom stereocenters. The maximum Gasteiger partial charge on any atom is 0.337 e. The van der Waals surface area contributed by atoms with Crippen molar-refractivity contribution in [2.75, 3.05) is 25.4 Å². The van der Waals surface area contributed by atoms with Gasteiger partial charge in [-0.2, -0.15) is 5.26 Å². The van der Waals surface area contributed by atoms with Gasteiger partial charge in [0.05, 0.1) is 46.9 Å². The summed E-state index contributed by atoms with van der Waals surface area (Å²) in [7, 11) is 0. The van der Waals surface area contributed by atoms with E-state index in [1.165, 1.54) is 18.0 Å². The Balaban J connectivity index is 2.14. The summed E-state index contributed by atoms with van der Waals surface area (Å²) in [6, 6.07) is 15.1. The van der Waals surface area contributed by atoms with Gasteiger partial charge in [-0.25, -0.2) is 9.79 Å². The van der Waals surface area contributed by atoms with Crippen molar-refractivity contribution in [3.8, 4) is 6.07 Å². The van der Waals surface area contributed by atoms with Crippen LogP contribution in [0.3, 0.4) is 0 Å². The summed E-state index contributed by atoms with van der Waals surface area (Å²) in [4.78, 5) is 32.2. The number of hydrogen-bond acceptors (Lipinski definition) is 7. The molecule has 2 aromatic rings. The van der Waals surface area contributed by atoms with Gasteiger partial charge in [-0.05, 0) is 32.9 Å². The van der Waals surface area contributed by atoms with E-state index in [2.05, 4.69) is 6.07 Å². The van der Waals surface area contributed by atoms with Crippen LogP contribution < -0.4 is 0 Å². The molecule has 0 aliphatic carbocycles. The molecular weight excluding hydrogens is 438 g/mol. The highest BCUT2D eigenvalue weighted by Crippen LogP contribution is 2.44. The number of furan rings is 1. The lowest BCUT2D eigenvalue weighted by atomic mass is 9.81. The Bertz CT molecular complexity index is 1070. The molecule has 0 fully saturated rings. The Kier molecular flexibility index (Phi) is 8.50. The van der Waals surface area contributed by atoms with Crippen molar-refractivity contribution >= 4 is 34.4 Å². The molecule has 1 aliphatic heterocycles. The second-order valence-electron chi connectivity index (χ2n) is 7.25. The van der Waals surface area contributed by atoms with Crippen LogP contribution in [0.25, 0.3) is 5.70 Å². The van der Waals surface area contributed by atoms with E-state index in [1.807, 2.05) is 44.2 Å². The van der Waals surface area contributed by atoms with E-state index in [-0.39, 0.29) is 23.8 Å². The molecule has 2 heterocycles. The van der Waals surface area contributed by atoms with E-state index in [0.717, 1.165) is 5.56 Å². The van der Waals surface area contributed by atoms with Gasteiger partial charge in [0.15, 0.2) is 0 Å². The van der Waals surface area contributed by atoms with E-state index >= 15 is 0 Å². The van der Waals surface area contributed by atoms with E-state index in [4.69, 9.17) is 14.1 Å². The lowest BCUT2D eigenvalue weighted by Crippen LogP contribution is -2.34. The number of esters is 1. The molecule has 33 heavy (non-hydrogen) atoms. The summed E-state index contributed by atoms with van der Waals surface area (Å²) in [5, 5.41) is 10.6. The van der Waals surface area contributed by atoms with Crippen molar-refractivity contribution in [2.45, 2.75) is 26.7 Å². The maximum absolute atomic E-state index is 13.1. The van der Waals surface area contributed by atoms with Crippen LogP contribution in [0.15, 0.2) is 63.7 Å². The fourth-order valence-corrected chi connectivity index (χ4v) is 4.75. The SMILES string of the molecule is CCOC(=O)C1=C(c2ccccc2)N=C(SCC(=O)N(CC)CC)C(C#N)C1c1ccco1. The summed E-state index contributed by atoms with van der Waals surface area (Å²) in [5.41, 5.74) is 1.44. The van der Waals surface area contributed by atoms with Gasteiger partial charge in [0, 0.05) is 18.7 Å². The highest BCUT2D eigenvalue weighted by molar-refractivity contribution is 8.14. The average Bonchev–Trinajstić information content (AvgIpc) is 3.37. The Morgan fingerprint density at radius 1 is 1.15 bits per heavy atom. The summed E-state index contributed by atoms with van der Waals surface area (Å²) in [5.74, 6) is -1.44. The monoisotopic (exact) mass is 465 g/mol. The molecule has 1 amide bonds. The first-order valence-electron chi connectivity index (χ1n) is 10.9. The zero-order chi connectivity index (χ0) is 23.8. The van der Waals surface area contributed by atoms with E-state index in [1.54, 1.807) is 24.0 Å². The molecule has 2 unspecified atom stereocenters. The number of aliphatic imine (C=N–C) groups is 1. The third-order valence-corrected chi connectivity index (χ3v) is 6.41. The van der Waals surface area contributed by atoms with Gasteiger partial charge in [-0.3, -0.25) is 4.79 Å². The summed E-state index contributed by atoms with van der Waals surface area (Å²) in [6.07, 6.45) is 1.51. The number of rotatable bonds is 8. The standard InChI is InChI=1S/C25H27N3O4S/c1-4-28(5-2)20(29)16-33-24-18(15-26)21(19-13-10-14-32-19)22(25(30)31-6-3)23(27-24)17-11-8-7-9-12-17/h7-14,18,21H,4-6,16H2,1-3H3. The smallest absolute Gasteiger partial charge is 0.337 e. The number of benzene rings is 1. The highest BCUT2D eigenvalue weighted by Gasteiger charge is 2.42. The molecule has 0 N–H and O–H groups in total. The normalized spacial score (nSPS) is 17.8. The number of nitriles is 1. The summed E-state index contributed by atoms with van der Waals surface area (Å²) < 4.78 is 11.0. The molecule has 0 saturated heterocycles. The molecule has 0 saturated carbocycles. The highest BCUT2D eigenvalue weighted by atomic mass is 32.2. The minimum absolute atomic E-state index is 0.0274. The fourth-order valence-electron chi connectivity index (χ4n) is 3.77. The predicted molar refractivity (Wildman–Crippen MR) is 128 cm³/mol. The van der Waals surface area contributed by atoms with Crippen LogP contribution in [0, 0.1) is 17.2 Å². The van der Waals surface area contributed by atoms with Crippen molar-refractivity contribution in [1.29, 1.82) is 5.26 Å². The van der Waals surface area contributed by atoms with Crippen LogP contribution >= 0.6 is 11.8 Å². The number of amides is 1. The van der Waals surface area contributed by atoms with E-state index in [9.17, 15) is 14.9 Å². The third-order valence-electron chi connectivity index (χ3n) is 5.38. The first kappa shape index (κ1) is 24.3. The van der Waals surface area contributed by atoms with Crippen LogP contribution in [0.5, 0.6) is 0 Å². The van der Waals surface area contributed by atoms with E-state index < -0.39 is 17.8 Å². The molecule has 0 radical (unpaired) electrons. The van der Waals surface area contributed by atoms with Crippen LogP contribution in [-0.2, 0) is 14.3 Å². The first-order valence-corrected chi connectivity index (χ1v) is 11.9. The molecule has 1 aromatic heterocycles. The van der Waals surface area contributed by atoms with Crippen LogP contribution in [-0.4, -0.2) is 47.3 Å². The number of ether oxygens (including phenoxy) is 1. The van der Waals surface area contributed by atoms with Gasteiger partial charge in [-0.1, -0.05) is 42.1 Å². The first-order chi connectivity index (χ1) is 16.0. The van der Waals surface area contributed by atoms with E-state index in [0.29, 0.717) is 29.6 Å². The predicted octanol–water partition coefficient (Wildman–Crippen LogP) is 4.49. The molecule has 0 spiro atoms. The van der Waals surface area contributed by atoms with Crippen molar-refractivity contribution in [1.82, 2.24) is 4.90 Å². The Hall–Kier alpha value is -3.31. The minimum atomic E-state index is -0.794. The minimum Gasteiger partial charge on any atom is -0.469 e. The van der Waals surface area contributed by atoms with Crippen molar-refractivity contribution < 1.29 is 18.7 Å². The largest absolute Gasteiger partial charge is 0.469 e. The topological polar surface area (TPSA) is 95.9 Å². The number of carbonyl (C=O) groups is 2. The second kappa shape index (κ2) is 11.5. The van der Waals surface area contributed by atoms with Crippen LogP contribution in [0.2, 0.25) is 0 Å². The molecule has 3 rings (SSSR count). The average molecular weight is 466 g/mol. The zero-order valence-corrected chi connectivity index (χ0v) is 19.8. The zero-order valence-electron chi connectivity index (χ0n) is 19.0. The van der Waals surface area contributed by atoms with Gasteiger partial charge in [0.25, 0.3) is 0 Å². The van der Waals surface area contributed by atoms with Crippen molar-refractivity contribution in [2.24, 2.45) is 10.9 Å². The quantitative estimate of drug-likeness (QED) is 0.533. The molecule has 7 nitrogen and oxygen atoms in total. The third kappa shape index (κ3) is 5.37. The number of hydrogen-bond donors (Lipinski definition) is 0. The van der Waals surface area contributed by atoms with Gasteiger partial charge in [0.2, 0.25) is 5.91 Å². The van der Waals surface area contributed by atoms with Gasteiger partial charge >= 0.3 is 5.97 Å². The molecule has 0 bridgehead atoms. The van der Waals surface area contributed by atoms with Gasteiger partial charge in [0.1, 0.15) is 11.7 Å². The van der Waals surface area contributed by atoms with Crippen molar-refractivity contribution in [3.05, 3.63) is 65.6 Å². The number of thioether (sulfide) groups is 1. The van der Waals surface area contributed by atoms with Crippen LogP contribution in [0.1, 0.15) is 38.0 Å².